The maximum Gasteiger partial charge on any atom is 0.306 e. The second-order valence-electron chi connectivity index (χ2n) is 6.23. The van der Waals surface area contributed by atoms with Gasteiger partial charge in [-0.3, -0.25) is 4.79 Å². The quantitative estimate of drug-likeness (QED) is 0.549. The van der Waals surface area contributed by atoms with Crippen molar-refractivity contribution in [3.63, 3.8) is 0 Å². The van der Waals surface area contributed by atoms with Crippen molar-refractivity contribution in [3.8, 4) is 22.9 Å². The van der Waals surface area contributed by atoms with Crippen molar-refractivity contribution >= 4 is 5.97 Å². The van der Waals surface area contributed by atoms with Crippen LogP contribution in [0.5, 0.6) is 11.5 Å². The molecule has 1 aromatic heterocycles. The van der Waals surface area contributed by atoms with Gasteiger partial charge in [0.1, 0.15) is 0 Å². The predicted octanol–water partition coefficient (Wildman–Crippen LogP) is 3.74. The van der Waals surface area contributed by atoms with Crippen LogP contribution in [0.4, 0.5) is 0 Å². The Morgan fingerprint density at radius 1 is 1.04 bits per heavy atom. The van der Waals surface area contributed by atoms with Crippen LogP contribution in [0.2, 0.25) is 0 Å². The summed E-state index contributed by atoms with van der Waals surface area (Å²) in [5.41, 5.74) is 2.95. The number of ether oxygens (including phenoxy) is 3. The van der Waals surface area contributed by atoms with Crippen LogP contribution < -0.4 is 9.47 Å². The molecule has 0 atom stereocenters. The molecule has 0 radical (unpaired) electrons. The molecular weight excluding hydrogens is 360 g/mol. The number of benzene rings is 2. The molecule has 3 aromatic rings. The van der Waals surface area contributed by atoms with Crippen molar-refractivity contribution in [1.82, 2.24) is 10.1 Å². The van der Waals surface area contributed by atoms with Gasteiger partial charge in [-0.15, -0.1) is 0 Å². The van der Waals surface area contributed by atoms with E-state index in [4.69, 9.17) is 18.7 Å². The smallest absolute Gasteiger partial charge is 0.306 e. The molecule has 0 amide bonds. The highest BCUT2D eigenvalue weighted by Crippen LogP contribution is 2.28. The van der Waals surface area contributed by atoms with Crippen LogP contribution in [0.25, 0.3) is 11.4 Å². The second-order valence-corrected chi connectivity index (χ2v) is 6.23. The van der Waals surface area contributed by atoms with Crippen molar-refractivity contribution in [2.45, 2.75) is 26.4 Å². The van der Waals surface area contributed by atoms with E-state index in [1.165, 1.54) is 0 Å². The van der Waals surface area contributed by atoms with Gasteiger partial charge in [-0.25, -0.2) is 0 Å². The van der Waals surface area contributed by atoms with Gasteiger partial charge >= 0.3 is 5.97 Å². The molecule has 146 valence electrons. The molecule has 0 saturated carbocycles. The third kappa shape index (κ3) is 4.88. The van der Waals surface area contributed by atoms with E-state index in [2.05, 4.69) is 10.1 Å². The Labute approximate surface area is 163 Å². The van der Waals surface area contributed by atoms with Crippen molar-refractivity contribution in [2.24, 2.45) is 0 Å². The van der Waals surface area contributed by atoms with E-state index < -0.39 is 0 Å². The summed E-state index contributed by atoms with van der Waals surface area (Å²) >= 11 is 0. The molecule has 0 aliphatic carbocycles. The molecule has 3 rings (SSSR count). The van der Waals surface area contributed by atoms with Crippen LogP contribution in [-0.4, -0.2) is 30.3 Å². The molecule has 7 nitrogen and oxygen atoms in total. The van der Waals surface area contributed by atoms with E-state index >= 15 is 0 Å². The highest BCUT2D eigenvalue weighted by Gasteiger charge is 2.12. The highest BCUT2D eigenvalue weighted by atomic mass is 16.6. The largest absolute Gasteiger partial charge is 0.493 e. The Balaban J connectivity index is 1.50. The lowest BCUT2D eigenvalue weighted by atomic mass is 10.1. The van der Waals surface area contributed by atoms with Crippen molar-refractivity contribution in [1.29, 1.82) is 0 Å². The number of methoxy groups -OCH3 is 2. The zero-order valence-electron chi connectivity index (χ0n) is 16.1. The van der Waals surface area contributed by atoms with Gasteiger partial charge in [-0.05, 0) is 31.0 Å². The molecule has 0 unspecified atom stereocenters. The summed E-state index contributed by atoms with van der Waals surface area (Å²) in [7, 11) is 3.15. The number of hydrogen-bond donors (Lipinski definition) is 0. The first-order valence-electron chi connectivity index (χ1n) is 8.85. The molecule has 0 N–H and O–H groups in total. The van der Waals surface area contributed by atoms with Crippen LogP contribution in [0, 0.1) is 6.92 Å². The molecule has 0 spiro atoms. The number of nitrogens with zero attached hydrogens (tertiary/aromatic N) is 2. The lowest BCUT2D eigenvalue weighted by Gasteiger charge is -2.09. The summed E-state index contributed by atoms with van der Waals surface area (Å²) < 4.78 is 20.8. The van der Waals surface area contributed by atoms with Crippen molar-refractivity contribution in [3.05, 3.63) is 59.5 Å². The standard InChI is InChI=1S/C21H22N2O5/c1-14-4-8-16(9-5-14)21-22-19(28-23-21)13-27-20(24)11-7-15-6-10-17(25-2)18(12-15)26-3/h4-6,8-10,12H,7,11,13H2,1-3H3. The normalized spacial score (nSPS) is 10.5. The Hall–Kier alpha value is -3.35. The number of carbonyl (C=O) groups excluding carboxylic acids is 1. The summed E-state index contributed by atoms with van der Waals surface area (Å²) in [5.74, 6) is 1.66. The first-order valence-corrected chi connectivity index (χ1v) is 8.85. The number of carbonyl (C=O) groups is 1. The summed E-state index contributed by atoms with van der Waals surface area (Å²) in [5, 5.41) is 3.92. The zero-order chi connectivity index (χ0) is 19.9. The predicted molar refractivity (Wildman–Crippen MR) is 102 cm³/mol. The molecule has 1 heterocycles. The Kier molecular flexibility index (Phi) is 6.26. The molecule has 0 aliphatic heterocycles. The average molecular weight is 382 g/mol. The van der Waals surface area contributed by atoms with Gasteiger partial charge < -0.3 is 18.7 Å². The van der Waals surface area contributed by atoms with E-state index in [1.54, 1.807) is 14.2 Å². The molecule has 0 fully saturated rings. The van der Waals surface area contributed by atoms with E-state index in [0.717, 1.165) is 16.7 Å². The molecule has 0 saturated heterocycles. The fraction of sp³-hybridized carbons (Fsp3) is 0.286. The minimum Gasteiger partial charge on any atom is -0.493 e. The highest BCUT2D eigenvalue weighted by molar-refractivity contribution is 5.69. The second kappa shape index (κ2) is 9.03. The average Bonchev–Trinajstić information content (AvgIpc) is 3.20. The molecule has 2 aromatic carbocycles. The summed E-state index contributed by atoms with van der Waals surface area (Å²) in [4.78, 5) is 16.3. The van der Waals surface area contributed by atoms with Crippen molar-refractivity contribution in [2.75, 3.05) is 14.2 Å². The number of aryl methyl sites for hydroxylation is 2. The Bertz CT molecular complexity index is 934. The topological polar surface area (TPSA) is 83.7 Å². The van der Waals surface area contributed by atoms with E-state index in [0.29, 0.717) is 23.7 Å². The lowest BCUT2D eigenvalue weighted by molar-refractivity contribution is -0.145. The number of esters is 1. The van der Waals surface area contributed by atoms with Crippen LogP contribution in [0.1, 0.15) is 23.4 Å². The fourth-order valence-corrected chi connectivity index (χ4v) is 2.63. The van der Waals surface area contributed by atoms with Gasteiger partial charge in [0.25, 0.3) is 5.89 Å². The van der Waals surface area contributed by atoms with Gasteiger partial charge in [-0.2, -0.15) is 4.98 Å². The Morgan fingerprint density at radius 3 is 2.50 bits per heavy atom. The third-order valence-corrected chi connectivity index (χ3v) is 4.20. The van der Waals surface area contributed by atoms with Crippen LogP contribution in [0.15, 0.2) is 47.0 Å². The maximum absolute atomic E-state index is 12.0. The van der Waals surface area contributed by atoms with Gasteiger partial charge in [0, 0.05) is 12.0 Å². The molecule has 7 heteroatoms. The molecule has 0 aliphatic rings. The van der Waals surface area contributed by atoms with Gasteiger partial charge in [0.2, 0.25) is 5.82 Å². The first kappa shape index (κ1) is 19.4. The van der Waals surface area contributed by atoms with Gasteiger partial charge in [0.15, 0.2) is 18.1 Å². The van der Waals surface area contributed by atoms with Crippen LogP contribution >= 0.6 is 0 Å². The zero-order valence-corrected chi connectivity index (χ0v) is 16.1. The molecule has 28 heavy (non-hydrogen) atoms. The van der Waals surface area contributed by atoms with Crippen molar-refractivity contribution < 1.29 is 23.5 Å². The number of rotatable bonds is 8. The summed E-state index contributed by atoms with van der Waals surface area (Å²) in [6.45, 7) is 1.95. The third-order valence-electron chi connectivity index (χ3n) is 4.20. The van der Waals surface area contributed by atoms with E-state index in [9.17, 15) is 4.79 Å². The number of hydrogen-bond acceptors (Lipinski definition) is 7. The van der Waals surface area contributed by atoms with Gasteiger partial charge in [0.05, 0.1) is 14.2 Å². The monoisotopic (exact) mass is 382 g/mol. The molecular formula is C21H22N2O5. The minimum absolute atomic E-state index is 0.0520. The lowest BCUT2D eigenvalue weighted by Crippen LogP contribution is -2.06. The van der Waals surface area contributed by atoms with E-state index in [-0.39, 0.29) is 24.9 Å². The Morgan fingerprint density at radius 2 is 1.79 bits per heavy atom. The van der Waals surface area contributed by atoms with Crippen LogP contribution in [0.3, 0.4) is 0 Å². The summed E-state index contributed by atoms with van der Waals surface area (Å²) in [6.07, 6.45) is 0.756. The fourth-order valence-electron chi connectivity index (χ4n) is 2.63. The van der Waals surface area contributed by atoms with Crippen LogP contribution in [-0.2, 0) is 22.6 Å². The van der Waals surface area contributed by atoms with E-state index in [1.807, 2.05) is 49.4 Å². The molecule has 0 bridgehead atoms. The van der Waals surface area contributed by atoms with Gasteiger partial charge in [-0.1, -0.05) is 41.1 Å². The number of aromatic nitrogens is 2. The maximum atomic E-state index is 12.0. The first-order chi connectivity index (χ1) is 13.6. The summed E-state index contributed by atoms with van der Waals surface area (Å²) in [6, 6.07) is 13.3. The minimum atomic E-state index is -0.343. The SMILES string of the molecule is COc1ccc(CCC(=O)OCc2nc(-c3ccc(C)cc3)no2)cc1OC.